The highest BCUT2D eigenvalue weighted by atomic mass is 15.1. The third-order valence-electron chi connectivity index (χ3n) is 13.5. The molecule has 12 rings (SSSR count). The van der Waals surface area contributed by atoms with E-state index < -0.39 is 0 Å². The zero-order chi connectivity index (χ0) is 34.9. The minimum Gasteiger partial charge on any atom is -0.310 e. The van der Waals surface area contributed by atoms with Gasteiger partial charge in [-0.1, -0.05) is 140 Å². The second kappa shape index (κ2) is 12.2. The molecule has 0 aliphatic heterocycles. The minimum atomic E-state index is 0.178. The van der Waals surface area contributed by atoms with Crippen LogP contribution in [0.25, 0.3) is 44.5 Å². The van der Waals surface area contributed by atoms with Crippen LogP contribution in [-0.2, 0) is 5.41 Å². The van der Waals surface area contributed by atoms with Gasteiger partial charge in [0.05, 0.1) is 5.69 Å². The molecule has 4 saturated carbocycles. The molecule has 1 heteroatoms. The fourth-order valence-electron chi connectivity index (χ4n) is 11.5. The molecule has 0 radical (unpaired) electrons. The van der Waals surface area contributed by atoms with E-state index in [1.165, 1.54) is 76.6 Å². The van der Waals surface area contributed by atoms with E-state index in [0.29, 0.717) is 0 Å². The van der Waals surface area contributed by atoms with Gasteiger partial charge in [-0.15, -0.1) is 0 Å². The molecule has 5 aliphatic carbocycles. The lowest BCUT2D eigenvalue weighted by atomic mass is 9.43. The molecule has 53 heavy (non-hydrogen) atoms. The number of hydrogen-bond acceptors (Lipinski definition) is 1. The second-order valence-electron chi connectivity index (χ2n) is 16.2. The highest BCUT2D eigenvalue weighted by molar-refractivity contribution is 5.90. The third kappa shape index (κ3) is 4.83. The van der Waals surface area contributed by atoms with Crippen LogP contribution < -0.4 is 4.90 Å². The molecule has 0 N–H and O–H groups in total. The Morgan fingerprint density at radius 2 is 0.906 bits per heavy atom. The highest BCUT2D eigenvalue weighted by Crippen LogP contribution is 2.69. The van der Waals surface area contributed by atoms with E-state index in [1.807, 2.05) is 0 Å². The lowest BCUT2D eigenvalue weighted by Gasteiger charge is -2.61. The first kappa shape index (κ1) is 30.9. The van der Waals surface area contributed by atoms with Gasteiger partial charge in [-0.2, -0.15) is 0 Å². The molecule has 4 bridgehead atoms. The van der Waals surface area contributed by atoms with Gasteiger partial charge in [0.15, 0.2) is 0 Å². The van der Waals surface area contributed by atoms with Gasteiger partial charge in [-0.25, -0.2) is 0 Å². The summed E-state index contributed by atoms with van der Waals surface area (Å²) in [5.41, 5.74) is 17.3. The fraction of sp³-hybridized carbons (Fsp3) is 0.192. The topological polar surface area (TPSA) is 3.24 Å². The van der Waals surface area contributed by atoms with Crippen molar-refractivity contribution in [3.05, 3.63) is 187 Å². The van der Waals surface area contributed by atoms with Crippen molar-refractivity contribution in [1.29, 1.82) is 0 Å². The lowest BCUT2D eigenvalue weighted by Crippen LogP contribution is -2.55. The summed E-state index contributed by atoms with van der Waals surface area (Å²) in [6.07, 6.45) is 7.11. The van der Waals surface area contributed by atoms with Gasteiger partial charge in [0.2, 0.25) is 0 Å². The van der Waals surface area contributed by atoms with Crippen LogP contribution in [0.5, 0.6) is 0 Å². The smallest absolute Gasteiger partial charge is 0.0540 e. The van der Waals surface area contributed by atoms with Crippen LogP contribution in [0.3, 0.4) is 0 Å². The molecule has 0 heterocycles. The molecule has 256 valence electrons. The number of hydrogen-bond donors (Lipinski definition) is 0. The maximum absolute atomic E-state index is 2.61. The monoisotopic (exact) mass is 681 g/mol. The van der Waals surface area contributed by atoms with E-state index in [1.54, 1.807) is 11.1 Å². The Kier molecular flexibility index (Phi) is 7.12. The van der Waals surface area contributed by atoms with Crippen LogP contribution in [0.2, 0.25) is 0 Å². The van der Waals surface area contributed by atoms with Gasteiger partial charge in [0.25, 0.3) is 0 Å². The zero-order valence-corrected chi connectivity index (χ0v) is 30.0. The van der Waals surface area contributed by atoms with Gasteiger partial charge < -0.3 is 4.90 Å². The SMILES string of the molecule is c1ccc(-c2cccc(N(c3ccc(-c4ccc5c(c4)C4(c6ccccc6-5)C5CC6CC(C5)CC4C6)cc3)c3ccccc3-c3ccccc3)c2)cc1. The Bertz CT molecular complexity index is 2430. The summed E-state index contributed by atoms with van der Waals surface area (Å²) in [4.78, 5) is 2.43. The average molecular weight is 682 g/mol. The molecular formula is C52H43N. The van der Waals surface area contributed by atoms with Crippen molar-refractivity contribution in [3.8, 4) is 44.5 Å². The second-order valence-corrected chi connectivity index (χ2v) is 16.2. The zero-order valence-electron chi connectivity index (χ0n) is 30.0. The van der Waals surface area contributed by atoms with Gasteiger partial charge >= 0.3 is 0 Å². The quantitative estimate of drug-likeness (QED) is 0.169. The molecular weight excluding hydrogens is 639 g/mol. The molecule has 0 saturated heterocycles. The predicted octanol–water partition coefficient (Wildman–Crippen LogP) is 13.9. The van der Waals surface area contributed by atoms with Gasteiger partial charge in [-0.3, -0.25) is 0 Å². The Morgan fingerprint density at radius 1 is 0.358 bits per heavy atom. The summed E-state index contributed by atoms with van der Waals surface area (Å²) < 4.78 is 0. The number of rotatable bonds is 6. The van der Waals surface area contributed by atoms with Crippen LogP contribution in [-0.4, -0.2) is 0 Å². The van der Waals surface area contributed by atoms with Crippen molar-refractivity contribution in [2.45, 2.75) is 37.5 Å². The van der Waals surface area contributed by atoms with Gasteiger partial charge in [0, 0.05) is 22.4 Å². The molecule has 7 aromatic carbocycles. The molecule has 4 fully saturated rings. The van der Waals surface area contributed by atoms with Crippen molar-refractivity contribution in [3.63, 3.8) is 0 Å². The summed E-state index contributed by atoms with van der Waals surface area (Å²) in [6.45, 7) is 0. The van der Waals surface area contributed by atoms with Crippen molar-refractivity contribution in [2.75, 3.05) is 4.90 Å². The van der Waals surface area contributed by atoms with E-state index in [-0.39, 0.29) is 5.41 Å². The molecule has 0 amide bonds. The van der Waals surface area contributed by atoms with E-state index in [4.69, 9.17) is 0 Å². The summed E-state index contributed by atoms with van der Waals surface area (Å²) in [6, 6.07) is 65.5. The molecule has 1 nitrogen and oxygen atoms in total. The lowest BCUT2D eigenvalue weighted by molar-refractivity contribution is -0.0399. The maximum Gasteiger partial charge on any atom is 0.0540 e. The van der Waals surface area contributed by atoms with Crippen molar-refractivity contribution >= 4 is 17.1 Å². The van der Waals surface area contributed by atoms with E-state index >= 15 is 0 Å². The third-order valence-corrected chi connectivity index (χ3v) is 13.5. The first-order chi connectivity index (χ1) is 26.2. The Balaban J connectivity index is 1.02. The normalized spacial score (nSPS) is 23.2. The van der Waals surface area contributed by atoms with Crippen molar-refractivity contribution < 1.29 is 0 Å². The number of benzene rings is 7. The Hall–Kier alpha value is -5.66. The highest BCUT2D eigenvalue weighted by Gasteiger charge is 2.61. The molecule has 0 unspecified atom stereocenters. The largest absolute Gasteiger partial charge is 0.310 e. The van der Waals surface area contributed by atoms with Crippen molar-refractivity contribution in [1.82, 2.24) is 0 Å². The first-order valence-corrected chi connectivity index (χ1v) is 19.7. The van der Waals surface area contributed by atoms with Gasteiger partial charge in [0.1, 0.15) is 0 Å². The Morgan fingerprint density at radius 3 is 1.64 bits per heavy atom. The minimum absolute atomic E-state index is 0.178. The van der Waals surface area contributed by atoms with E-state index in [2.05, 4.69) is 181 Å². The summed E-state index contributed by atoms with van der Waals surface area (Å²) >= 11 is 0. The van der Waals surface area contributed by atoms with Crippen LogP contribution in [0.15, 0.2) is 176 Å². The molecule has 0 atom stereocenters. The summed E-state index contributed by atoms with van der Waals surface area (Å²) in [5, 5.41) is 0. The summed E-state index contributed by atoms with van der Waals surface area (Å²) in [7, 11) is 0. The predicted molar refractivity (Wildman–Crippen MR) is 221 cm³/mol. The van der Waals surface area contributed by atoms with Crippen molar-refractivity contribution in [2.24, 2.45) is 23.7 Å². The molecule has 1 spiro atoms. The standard InChI is InChI=1S/C52H43N/c1-3-12-37(13-4-1)40-16-11-17-45(33-40)53(51-21-10-8-18-46(51)39-14-5-2-6-15-39)44-25-22-38(23-26-44)41-24-27-48-47-19-7-9-20-49(47)52(50(48)34-41)42-29-35-28-36(31-42)32-43(52)30-35/h1-27,33-36,42-43H,28-32H2. The number of nitrogens with zero attached hydrogens (tertiary/aromatic N) is 1. The number of anilines is 3. The molecule has 5 aliphatic rings. The van der Waals surface area contributed by atoms with E-state index in [9.17, 15) is 0 Å². The number of para-hydroxylation sites is 1. The first-order valence-electron chi connectivity index (χ1n) is 19.7. The van der Waals surface area contributed by atoms with Crippen LogP contribution in [0, 0.1) is 23.7 Å². The van der Waals surface area contributed by atoms with Crippen LogP contribution in [0.4, 0.5) is 17.1 Å². The molecule has 7 aromatic rings. The number of fused-ring (bicyclic) bond motifs is 3. The Labute approximate surface area is 313 Å². The van der Waals surface area contributed by atoms with Crippen LogP contribution >= 0.6 is 0 Å². The summed E-state index contributed by atoms with van der Waals surface area (Å²) in [5.74, 6) is 3.42. The van der Waals surface area contributed by atoms with E-state index in [0.717, 1.165) is 40.7 Å². The fourth-order valence-corrected chi connectivity index (χ4v) is 11.5. The molecule has 0 aromatic heterocycles. The average Bonchev–Trinajstić information content (AvgIpc) is 3.51. The maximum atomic E-state index is 2.61. The van der Waals surface area contributed by atoms with Gasteiger partial charge in [-0.05, 0) is 142 Å². The van der Waals surface area contributed by atoms with Crippen LogP contribution in [0.1, 0.15) is 43.2 Å².